The van der Waals surface area contributed by atoms with Gasteiger partial charge in [0.15, 0.2) is 0 Å². The van der Waals surface area contributed by atoms with Gasteiger partial charge in [-0.1, -0.05) is 32.0 Å². The minimum Gasteiger partial charge on any atom is -0.322 e. The van der Waals surface area contributed by atoms with Crippen molar-refractivity contribution in [1.82, 2.24) is 9.62 Å². The number of carbonyl (C=O) groups is 1. The molecule has 2 rings (SSSR count). The molecule has 1 amide bonds. The van der Waals surface area contributed by atoms with Crippen LogP contribution in [0.4, 0.5) is 5.69 Å². The average molecular weight is 375 g/mol. The first-order valence-corrected chi connectivity index (χ1v) is 10.0. The molecule has 2 aromatic carbocycles. The molecule has 140 valence electrons. The Bertz CT molecular complexity index is 862. The smallest absolute Gasteiger partial charge is 0.255 e. The van der Waals surface area contributed by atoms with Crippen molar-refractivity contribution in [2.45, 2.75) is 25.3 Å². The van der Waals surface area contributed by atoms with E-state index in [1.165, 1.54) is 19.2 Å². The quantitative estimate of drug-likeness (QED) is 0.744. The van der Waals surface area contributed by atoms with Crippen LogP contribution in [0.25, 0.3) is 0 Å². The lowest BCUT2D eigenvalue weighted by molar-refractivity contribution is 0.102. The Balaban J connectivity index is 2.17. The summed E-state index contributed by atoms with van der Waals surface area (Å²) in [6.45, 7) is 6.95. The summed E-state index contributed by atoms with van der Waals surface area (Å²) in [4.78, 5) is 14.8. The maximum Gasteiger partial charge on any atom is 0.255 e. The summed E-state index contributed by atoms with van der Waals surface area (Å²) in [5, 5.41) is 2.83. The Kier molecular flexibility index (Phi) is 6.90. The fraction of sp³-hybridized carbons (Fsp3) is 0.316. The molecule has 7 heteroatoms. The van der Waals surface area contributed by atoms with E-state index in [9.17, 15) is 13.2 Å². The van der Waals surface area contributed by atoms with Crippen molar-refractivity contribution in [2.75, 3.05) is 25.5 Å². The molecule has 0 aromatic heterocycles. The number of amides is 1. The van der Waals surface area contributed by atoms with E-state index in [0.717, 1.165) is 25.2 Å². The van der Waals surface area contributed by atoms with Crippen LogP contribution in [0.15, 0.2) is 53.4 Å². The normalized spacial score (nSPS) is 11.5. The van der Waals surface area contributed by atoms with Gasteiger partial charge in [-0.25, -0.2) is 13.1 Å². The molecule has 2 aromatic rings. The topological polar surface area (TPSA) is 78.5 Å². The van der Waals surface area contributed by atoms with Crippen LogP contribution in [0, 0.1) is 0 Å². The number of sulfonamides is 1. The SMILES string of the molecule is CCN(CC)Cc1cccc(NC(=O)c2cccc(S(=O)(=O)NC)c2)c1. The number of hydrogen-bond acceptors (Lipinski definition) is 4. The number of hydrogen-bond donors (Lipinski definition) is 2. The molecule has 0 saturated heterocycles. The van der Waals surface area contributed by atoms with Crippen LogP contribution in [0.1, 0.15) is 29.8 Å². The third-order valence-electron chi connectivity index (χ3n) is 4.16. The van der Waals surface area contributed by atoms with Gasteiger partial charge in [0.25, 0.3) is 5.91 Å². The summed E-state index contributed by atoms with van der Waals surface area (Å²) in [6, 6.07) is 13.6. The lowest BCUT2D eigenvalue weighted by Gasteiger charge is -2.18. The van der Waals surface area contributed by atoms with Crippen LogP contribution >= 0.6 is 0 Å². The Morgan fingerprint density at radius 1 is 1.04 bits per heavy atom. The van der Waals surface area contributed by atoms with E-state index >= 15 is 0 Å². The first kappa shape index (κ1) is 20.1. The number of rotatable bonds is 8. The second kappa shape index (κ2) is 8.93. The first-order valence-electron chi connectivity index (χ1n) is 8.55. The summed E-state index contributed by atoms with van der Waals surface area (Å²) >= 11 is 0. The fourth-order valence-corrected chi connectivity index (χ4v) is 3.35. The Hall–Kier alpha value is -2.22. The summed E-state index contributed by atoms with van der Waals surface area (Å²) in [5.41, 5.74) is 2.08. The molecule has 0 spiro atoms. The molecule has 6 nitrogen and oxygen atoms in total. The molecule has 0 aliphatic rings. The van der Waals surface area contributed by atoms with Gasteiger partial charge in [-0.3, -0.25) is 9.69 Å². The van der Waals surface area contributed by atoms with Crippen molar-refractivity contribution in [3.63, 3.8) is 0 Å². The predicted molar refractivity (Wildman–Crippen MR) is 104 cm³/mol. The van der Waals surface area contributed by atoms with Crippen LogP contribution in [0.3, 0.4) is 0 Å². The van der Waals surface area contributed by atoms with Gasteiger partial charge in [-0.2, -0.15) is 0 Å². The van der Waals surface area contributed by atoms with Gasteiger partial charge in [-0.05, 0) is 56.0 Å². The molecule has 0 radical (unpaired) electrons. The van der Waals surface area contributed by atoms with E-state index in [4.69, 9.17) is 0 Å². The monoisotopic (exact) mass is 375 g/mol. The van der Waals surface area contributed by atoms with Crippen molar-refractivity contribution < 1.29 is 13.2 Å². The largest absolute Gasteiger partial charge is 0.322 e. The summed E-state index contributed by atoms with van der Waals surface area (Å²) < 4.78 is 26.0. The molecule has 2 N–H and O–H groups in total. The Morgan fingerprint density at radius 2 is 1.73 bits per heavy atom. The van der Waals surface area contributed by atoms with E-state index in [-0.39, 0.29) is 16.4 Å². The number of nitrogens with one attached hydrogen (secondary N) is 2. The highest BCUT2D eigenvalue weighted by molar-refractivity contribution is 7.89. The maximum atomic E-state index is 12.5. The van der Waals surface area contributed by atoms with E-state index < -0.39 is 10.0 Å². The van der Waals surface area contributed by atoms with Gasteiger partial charge >= 0.3 is 0 Å². The fourth-order valence-electron chi connectivity index (χ4n) is 2.58. The molecule has 0 bridgehead atoms. The van der Waals surface area contributed by atoms with Crippen LogP contribution in [0.2, 0.25) is 0 Å². The molecule has 26 heavy (non-hydrogen) atoms. The van der Waals surface area contributed by atoms with Gasteiger partial charge in [-0.15, -0.1) is 0 Å². The lowest BCUT2D eigenvalue weighted by Crippen LogP contribution is -2.22. The molecule has 0 unspecified atom stereocenters. The van der Waals surface area contributed by atoms with Crippen molar-refractivity contribution in [3.8, 4) is 0 Å². The van der Waals surface area contributed by atoms with Crippen LogP contribution in [-0.2, 0) is 16.6 Å². The number of anilines is 1. The van der Waals surface area contributed by atoms with Gasteiger partial charge in [0, 0.05) is 17.8 Å². The molecular formula is C19H25N3O3S. The second-order valence-electron chi connectivity index (χ2n) is 5.85. The zero-order valence-corrected chi connectivity index (χ0v) is 16.1. The van der Waals surface area contributed by atoms with Crippen molar-refractivity contribution in [1.29, 1.82) is 0 Å². The molecular weight excluding hydrogens is 350 g/mol. The molecule has 0 heterocycles. The maximum absolute atomic E-state index is 12.5. The van der Waals surface area contributed by atoms with E-state index in [0.29, 0.717) is 5.69 Å². The Labute approximate surface area is 155 Å². The molecule has 0 aliphatic carbocycles. The van der Waals surface area contributed by atoms with Gasteiger partial charge < -0.3 is 5.32 Å². The van der Waals surface area contributed by atoms with E-state index in [1.54, 1.807) is 12.1 Å². The van der Waals surface area contributed by atoms with Gasteiger partial charge in [0.2, 0.25) is 10.0 Å². The molecule has 0 saturated carbocycles. The number of benzene rings is 2. The van der Waals surface area contributed by atoms with Crippen molar-refractivity contribution in [2.24, 2.45) is 0 Å². The summed E-state index contributed by atoms with van der Waals surface area (Å²) in [5.74, 6) is -0.349. The second-order valence-corrected chi connectivity index (χ2v) is 7.74. The average Bonchev–Trinajstić information content (AvgIpc) is 2.66. The molecule has 0 fully saturated rings. The summed E-state index contributed by atoms with van der Waals surface area (Å²) in [7, 11) is -2.25. The standard InChI is InChI=1S/C19H25N3O3S/c1-4-22(5-2)14-15-8-6-10-17(12-15)21-19(23)16-9-7-11-18(13-16)26(24,25)20-3/h6-13,20H,4-5,14H2,1-3H3,(H,21,23). The third-order valence-corrected chi connectivity index (χ3v) is 5.57. The van der Waals surface area contributed by atoms with E-state index in [1.807, 2.05) is 24.3 Å². The van der Waals surface area contributed by atoms with Crippen LogP contribution < -0.4 is 10.0 Å². The predicted octanol–water partition coefficient (Wildman–Crippen LogP) is 2.69. The highest BCUT2D eigenvalue weighted by Gasteiger charge is 2.14. The first-order chi connectivity index (χ1) is 12.4. The zero-order valence-electron chi connectivity index (χ0n) is 15.3. The highest BCUT2D eigenvalue weighted by Crippen LogP contribution is 2.16. The molecule has 0 atom stereocenters. The van der Waals surface area contributed by atoms with Crippen LogP contribution in [0.5, 0.6) is 0 Å². The van der Waals surface area contributed by atoms with Crippen molar-refractivity contribution >= 4 is 21.6 Å². The van der Waals surface area contributed by atoms with Crippen molar-refractivity contribution in [3.05, 3.63) is 59.7 Å². The number of carbonyl (C=O) groups excluding carboxylic acids is 1. The van der Waals surface area contributed by atoms with Gasteiger partial charge in [0.05, 0.1) is 4.90 Å². The Morgan fingerprint density at radius 3 is 2.38 bits per heavy atom. The minimum absolute atomic E-state index is 0.0583. The zero-order chi connectivity index (χ0) is 19.2. The van der Waals surface area contributed by atoms with E-state index in [2.05, 4.69) is 28.8 Å². The third kappa shape index (κ3) is 5.14. The number of nitrogens with zero attached hydrogens (tertiary/aromatic N) is 1. The lowest BCUT2D eigenvalue weighted by atomic mass is 10.1. The minimum atomic E-state index is -3.59. The highest BCUT2D eigenvalue weighted by atomic mass is 32.2. The van der Waals surface area contributed by atoms with Gasteiger partial charge in [0.1, 0.15) is 0 Å². The molecule has 0 aliphatic heterocycles. The summed E-state index contributed by atoms with van der Waals surface area (Å²) in [6.07, 6.45) is 0. The van der Waals surface area contributed by atoms with Crippen LogP contribution in [-0.4, -0.2) is 39.4 Å².